The molecule has 1 aliphatic heterocycles. The van der Waals surface area contributed by atoms with Crippen molar-refractivity contribution in [2.45, 2.75) is 83.0 Å². The van der Waals surface area contributed by atoms with Crippen LogP contribution in [0.1, 0.15) is 74.9 Å². The van der Waals surface area contributed by atoms with Crippen LogP contribution in [0.15, 0.2) is 48.7 Å². The van der Waals surface area contributed by atoms with Crippen LogP contribution in [-0.2, 0) is 14.6 Å². The Hall–Kier alpha value is -2.99. The molecular formula is C33H41N3O3SSi. The Kier molecular flexibility index (Phi) is 7.92. The number of likely N-dealkylation sites (tertiary alicyclic amines) is 1. The molecule has 3 aromatic rings. The van der Waals surface area contributed by atoms with Crippen molar-refractivity contribution in [2.24, 2.45) is 0 Å². The first kappa shape index (κ1) is 29.5. The van der Waals surface area contributed by atoms with Gasteiger partial charge in [-0.3, -0.25) is 4.79 Å². The van der Waals surface area contributed by atoms with Crippen molar-refractivity contribution in [3.8, 4) is 22.4 Å². The highest BCUT2D eigenvalue weighted by molar-refractivity contribution is 7.15. The van der Waals surface area contributed by atoms with E-state index in [-0.39, 0.29) is 35.0 Å². The monoisotopic (exact) mass is 587 g/mol. The van der Waals surface area contributed by atoms with Crippen molar-refractivity contribution in [3.05, 3.63) is 70.2 Å². The fourth-order valence-corrected chi connectivity index (χ4v) is 7.81. The molecule has 2 aromatic carbocycles. The first-order valence-electron chi connectivity index (χ1n) is 14.5. The molecule has 2 heterocycles. The number of ether oxygens (including phenoxy) is 1. The number of nitrogens with zero attached hydrogens (tertiary/aromatic N) is 3. The number of benzene rings is 2. The van der Waals surface area contributed by atoms with E-state index in [1.54, 1.807) is 11.3 Å². The van der Waals surface area contributed by atoms with Crippen molar-refractivity contribution >= 4 is 25.6 Å². The van der Waals surface area contributed by atoms with E-state index in [2.05, 4.69) is 64.2 Å². The van der Waals surface area contributed by atoms with Gasteiger partial charge in [0.15, 0.2) is 8.32 Å². The highest BCUT2D eigenvalue weighted by Crippen LogP contribution is 2.54. The Balaban J connectivity index is 1.35. The van der Waals surface area contributed by atoms with Crippen molar-refractivity contribution in [2.75, 3.05) is 19.7 Å². The number of nitriles is 1. The summed E-state index contributed by atoms with van der Waals surface area (Å²) in [5.41, 5.74) is 4.10. The van der Waals surface area contributed by atoms with Gasteiger partial charge in [-0.2, -0.15) is 5.26 Å². The molecule has 216 valence electrons. The molecule has 5 rings (SSSR count). The summed E-state index contributed by atoms with van der Waals surface area (Å²) in [5, 5.41) is 10.7. The molecule has 0 bridgehead atoms. The highest BCUT2D eigenvalue weighted by Gasteiger charge is 2.49. The average Bonchev–Trinajstić information content (AvgIpc) is 3.65. The number of fused-ring (bicyclic) bond motifs is 2. The van der Waals surface area contributed by atoms with Gasteiger partial charge < -0.3 is 14.1 Å². The summed E-state index contributed by atoms with van der Waals surface area (Å²) in [6.45, 7) is 16.6. The fraction of sp³-hybridized carbons (Fsp3) is 0.485. The van der Waals surface area contributed by atoms with Gasteiger partial charge in [0.2, 0.25) is 5.91 Å². The zero-order chi connectivity index (χ0) is 29.6. The molecule has 1 fully saturated rings. The molecule has 1 aromatic heterocycles. The van der Waals surface area contributed by atoms with Gasteiger partial charge in [0.1, 0.15) is 23.4 Å². The number of aromatic nitrogens is 1. The maximum atomic E-state index is 13.3. The van der Waals surface area contributed by atoms with Crippen LogP contribution in [0.5, 0.6) is 5.75 Å². The van der Waals surface area contributed by atoms with Crippen LogP contribution in [0.4, 0.5) is 0 Å². The largest absolute Gasteiger partial charge is 0.490 e. The Labute approximate surface area is 249 Å². The second-order valence-corrected chi connectivity index (χ2v) is 19.2. The van der Waals surface area contributed by atoms with E-state index in [1.807, 2.05) is 43.1 Å². The molecule has 0 saturated carbocycles. The molecule has 2 aliphatic rings. The van der Waals surface area contributed by atoms with E-state index in [0.717, 1.165) is 36.5 Å². The van der Waals surface area contributed by atoms with Gasteiger partial charge in [-0.25, -0.2) is 4.98 Å². The zero-order valence-corrected chi connectivity index (χ0v) is 27.1. The number of hydrogen-bond acceptors (Lipinski definition) is 6. The minimum Gasteiger partial charge on any atom is -0.490 e. The van der Waals surface area contributed by atoms with Gasteiger partial charge in [-0.15, -0.1) is 11.3 Å². The fourth-order valence-electron chi connectivity index (χ4n) is 5.86. The summed E-state index contributed by atoms with van der Waals surface area (Å²) < 4.78 is 12.1. The summed E-state index contributed by atoms with van der Waals surface area (Å²) in [6.07, 6.45) is 3.92. The van der Waals surface area contributed by atoms with Gasteiger partial charge in [0.05, 0.1) is 11.7 Å². The summed E-state index contributed by atoms with van der Waals surface area (Å²) in [4.78, 5) is 21.3. The normalized spacial score (nSPS) is 20.5. The lowest BCUT2D eigenvalue weighted by molar-refractivity contribution is -0.132. The number of hydrogen-bond donors (Lipinski definition) is 0. The SMILES string of the molecule is CC(C)Oc1ccc(-c2ncc(C3CC4(CCN(C(=O)CO[Si](C)(C)C(C)(C)C)C4)c4ccccc43)s2)cc1C#N. The maximum Gasteiger partial charge on any atom is 0.247 e. The Morgan fingerprint density at radius 1 is 1.24 bits per heavy atom. The molecule has 1 amide bonds. The minimum absolute atomic E-state index is 0.000636. The first-order valence-corrected chi connectivity index (χ1v) is 18.2. The number of amides is 1. The molecule has 6 nitrogen and oxygen atoms in total. The van der Waals surface area contributed by atoms with Crippen LogP contribution in [0.2, 0.25) is 18.1 Å². The molecular weight excluding hydrogens is 547 g/mol. The topological polar surface area (TPSA) is 75.4 Å². The number of rotatable bonds is 7. The van der Waals surface area contributed by atoms with Gasteiger partial charge in [0, 0.05) is 41.1 Å². The molecule has 1 aliphatic carbocycles. The Bertz CT molecular complexity index is 1490. The van der Waals surface area contributed by atoms with Crippen LogP contribution in [0.3, 0.4) is 0 Å². The molecule has 8 heteroatoms. The summed E-state index contributed by atoms with van der Waals surface area (Å²) in [7, 11) is -1.99. The first-order chi connectivity index (χ1) is 19.3. The maximum absolute atomic E-state index is 13.3. The minimum atomic E-state index is -1.99. The van der Waals surface area contributed by atoms with Gasteiger partial charge in [0.25, 0.3) is 0 Å². The lowest BCUT2D eigenvalue weighted by Crippen LogP contribution is -2.44. The van der Waals surface area contributed by atoms with Crippen molar-refractivity contribution < 1.29 is 14.0 Å². The van der Waals surface area contributed by atoms with E-state index in [0.29, 0.717) is 11.3 Å². The number of carbonyl (C=O) groups excluding carboxylic acids is 1. The summed E-state index contributed by atoms with van der Waals surface area (Å²) in [6, 6.07) is 16.7. The summed E-state index contributed by atoms with van der Waals surface area (Å²) >= 11 is 1.69. The standard InChI is InChI=1S/C33H41N3O3SSi/c1-22(2)39-28-13-12-23(16-24(28)18-34)31-35-19-29(40-31)26-17-33(27-11-9-8-10-25(26)27)14-15-36(21-33)30(37)20-38-41(6,7)32(3,4)5/h8-13,16,19,22,26H,14-15,17,20-21H2,1-7H3. The van der Waals surface area contributed by atoms with E-state index >= 15 is 0 Å². The number of thiazole rings is 1. The van der Waals surface area contributed by atoms with Crippen molar-refractivity contribution in [3.63, 3.8) is 0 Å². The Morgan fingerprint density at radius 2 is 2.00 bits per heavy atom. The Morgan fingerprint density at radius 3 is 2.71 bits per heavy atom. The second kappa shape index (κ2) is 11.0. The van der Waals surface area contributed by atoms with E-state index < -0.39 is 8.32 Å². The zero-order valence-electron chi connectivity index (χ0n) is 25.3. The molecule has 0 N–H and O–H groups in total. The quantitative estimate of drug-likeness (QED) is 0.268. The molecule has 2 unspecified atom stereocenters. The molecule has 1 saturated heterocycles. The average molecular weight is 588 g/mol. The van der Waals surface area contributed by atoms with Crippen LogP contribution in [0.25, 0.3) is 10.6 Å². The van der Waals surface area contributed by atoms with Crippen LogP contribution in [-0.4, -0.2) is 49.9 Å². The van der Waals surface area contributed by atoms with Crippen molar-refractivity contribution in [1.82, 2.24) is 9.88 Å². The van der Waals surface area contributed by atoms with E-state index in [4.69, 9.17) is 14.1 Å². The van der Waals surface area contributed by atoms with Gasteiger partial charge in [-0.1, -0.05) is 45.0 Å². The molecule has 0 radical (unpaired) electrons. The predicted molar refractivity (Wildman–Crippen MR) is 167 cm³/mol. The third kappa shape index (κ3) is 5.72. The highest BCUT2D eigenvalue weighted by atomic mass is 32.1. The summed E-state index contributed by atoms with van der Waals surface area (Å²) in [5.74, 6) is 0.936. The van der Waals surface area contributed by atoms with Crippen LogP contribution < -0.4 is 4.74 Å². The van der Waals surface area contributed by atoms with Crippen molar-refractivity contribution in [1.29, 1.82) is 5.26 Å². The lowest BCUT2D eigenvalue weighted by atomic mass is 9.80. The smallest absolute Gasteiger partial charge is 0.247 e. The van der Waals surface area contributed by atoms with E-state index in [1.165, 1.54) is 16.0 Å². The predicted octanol–water partition coefficient (Wildman–Crippen LogP) is 7.50. The second-order valence-electron chi connectivity index (χ2n) is 13.3. The number of carbonyl (C=O) groups is 1. The molecule has 41 heavy (non-hydrogen) atoms. The molecule has 2 atom stereocenters. The third-order valence-corrected chi connectivity index (χ3v) is 14.8. The van der Waals surface area contributed by atoms with Gasteiger partial charge >= 0.3 is 0 Å². The van der Waals surface area contributed by atoms with Crippen LogP contribution >= 0.6 is 11.3 Å². The van der Waals surface area contributed by atoms with E-state index in [9.17, 15) is 10.1 Å². The molecule has 1 spiro atoms. The third-order valence-electron chi connectivity index (χ3n) is 9.15. The lowest BCUT2D eigenvalue weighted by Gasteiger charge is -2.36. The van der Waals surface area contributed by atoms with Crippen LogP contribution in [0, 0.1) is 11.3 Å². The van der Waals surface area contributed by atoms with Gasteiger partial charge in [-0.05, 0) is 74.1 Å².